The lowest BCUT2D eigenvalue weighted by atomic mass is 10.1. The predicted octanol–water partition coefficient (Wildman–Crippen LogP) is 3.92. The lowest BCUT2D eigenvalue weighted by Crippen LogP contribution is -2.46. The molecule has 1 aliphatic heterocycles. The van der Waals surface area contributed by atoms with Gasteiger partial charge in [-0.2, -0.15) is 4.98 Å². The molecular formula is C19H21BrN4OS. The molecule has 0 atom stereocenters. The minimum absolute atomic E-state index is 0.678. The van der Waals surface area contributed by atoms with Crippen molar-refractivity contribution in [3.63, 3.8) is 0 Å². The van der Waals surface area contributed by atoms with Gasteiger partial charge in [-0.05, 0) is 34.0 Å². The Kier molecular flexibility index (Phi) is 5.79. The molecule has 0 spiro atoms. The molecule has 2 aromatic heterocycles. The first-order chi connectivity index (χ1) is 12.8. The number of aromatic nitrogens is 2. The number of hydrogen-bond acceptors (Lipinski definition) is 6. The van der Waals surface area contributed by atoms with E-state index in [-0.39, 0.29) is 0 Å². The van der Waals surface area contributed by atoms with Crippen LogP contribution in [0.4, 0.5) is 0 Å². The normalized spacial score (nSPS) is 16.2. The SMILES string of the molecule is Brc1csc(-c2noc(CN3CCN(CCc4ccccc4)CC3)n2)c1. The maximum Gasteiger partial charge on any atom is 0.241 e. The topological polar surface area (TPSA) is 45.4 Å². The number of hydrogen-bond donors (Lipinski definition) is 0. The molecule has 3 aromatic rings. The summed E-state index contributed by atoms with van der Waals surface area (Å²) in [4.78, 5) is 10.5. The van der Waals surface area contributed by atoms with E-state index >= 15 is 0 Å². The van der Waals surface area contributed by atoms with Crippen LogP contribution in [0.15, 0.2) is 50.8 Å². The second-order valence-corrected chi connectivity index (χ2v) is 8.32. The number of piperazine rings is 1. The third kappa shape index (κ3) is 4.59. The van der Waals surface area contributed by atoms with Crippen molar-refractivity contribution in [2.24, 2.45) is 0 Å². The van der Waals surface area contributed by atoms with Crippen LogP contribution in [0.5, 0.6) is 0 Å². The Bertz CT molecular complexity index is 827. The number of halogens is 1. The molecule has 0 amide bonds. The molecule has 26 heavy (non-hydrogen) atoms. The van der Waals surface area contributed by atoms with E-state index in [2.05, 4.69) is 66.2 Å². The summed E-state index contributed by atoms with van der Waals surface area (Å²) in [6.07, 6.45) is 1.12. The number of thiophene rings is 1. The fraction of sp³-hybridized carbons (Fsp3) is 0.368. The average Bonchev–Trinajstić information content (AvgIpc) is 3.31. The van der Waals surface area contributed by atoms with Gasteiger partial charge in [0.05, 0.1) is 11.4 Å². The van der Waals surface area contributed by atoms with Gasteiger partial charge in [-0.1, -0.05) is 35.5 Å². The highest BCUT2D eigenvalue weighted by molar-refractivity contribution is 9.10. The molecule has 0 radical (unpaired) electrons. The third-order valence-electron chi connectivity index (χ3n) is 4.64. The van der Waals surface area contributed by atoms with Crippen LogP contribution in [-0.4, -0.2) is 52.7 Å². The zero-order valence-electron chi connectivity index (χ0n) is 14.5. The van der Waals surface area contributed by atoms with Crippen molar-refractivity contribution in [2.75, 3.05) is 32.7 Å². The highest BCUT2D eigenvalue weighted by atomic mass is 79.9. The fourth-order valence-corrected chi connectivity index (χ4v) is 4.50. The standard InChI is InChI=1S/C19H21BrN4OS/c20-16-12-17(26-14-16)19-21-18(25-22-19)13-24-10-8-23(9-11-24)7-6-15-4-2-1-3-5-15/h1-5,12,14H,6-11,13H2. The van der Waals surface area contributed by atoms with E-state index in [1.54, 1.807) is 11.3 Å². The van der Waals surface area contributed by atoms with E-state index in [0.717, 1.165) is 55.0 Å². The molecule has 7 heteroatoms. The van der Waals surface area contributed by atoms with Crippen LogP contribution in [0.25, 0.3) is 10.7 Å². The molecule has 0 N–H and O–H groups in total. The van der Waals surface area contributed by atoms with Crippen LogP contribution in [0.1, 0.15) is 11.5 Å². The molecule has 1 saturated heterocycles. The first kappa shape index (κ1) is 17.9. The summed E-state index contributed by atoms with van der Waals surface area (Å²) in [6.45, 7) is 6.10. The van der Waals surface area contributed by atoms with Gasteiger partial charge in [-0.25, -0.2) is 0 Å². The van der Waals surface area contributed by atoms with Crippen LogP contribution in [0.2, 0.25) is 0 Å². The van der Waals surface area contributed by atoms with Gasteiger partial charge in [-0.3, -0.25) is 4.90 Å². The molecule has 5 nitrogen and oxygen atoms in total. The summed E-state index contributed by atoms with van der Waals surface area (Å²) in [5.41, 5.74) is 1.41. The third-order valence-corrected chi connectivity index (χ3v) is 6.33. The van der Waals surface area contributed by atoms with E-state index in [0.29, 0.717) is 11.7 Å². The van der Waals surface area contributed by atoms with Crippen molar-refractivity contribution in [2.45, 2.75) is 13.0 Å². The Morgan fingerprint density at radius 2 is 1.85 bits per heavy atom. The van der Waals surface area contributed by atoms with Crippen molar-refractivity contribution < 1.29 is 4.52 Å². The summed E-state index contributed by atoms with van der Waals surface area (Å²) in [6, 6.07) is 12.7. The Balaban J connectivity index is 1.24. The molecule has 0 unspecified atom stereocenters. The van der Waals surface area contributed by atoms with Gasteiger partial charge < -0.3 is 9.42 Å². The summed E-state index contributed by atoms with van der Waals surface area (Å²) < 4.78 is 6.49. The Hall–Kier alpha value is -1.54. The van der Waals surface area contributed by atoms with Gasteiger partial charge >= 0.3 is 0 Å². The molecule has 0 aliphatic carbocycles. The van der Waals surface area contributed by atoms with Crippen LogP contribution in [-0.2, 0) is 13.0 Å². The first-order valence-corrected chi connectivity index (χ1v) is 10.5. The molecule has 0 bridgehead atoms. The maximum absolute atomic E-state index is 5.44. The molecule has 3 heterocycles. The van der Waals surface area contributed by atoms with Crippen LogP contribution in [0.3, 0.4) is 0 Å². The predicted molar refractivity (Wildman–Crippen MR) is 107 cm³/mol. The quantitative estimate of drug-likeness (QED) is 0.590. The maximum atomic E-state index is 5.44. The van der Waals surface area contributed by atoms with Crippen LogP contribution < -0.4 is 0 Å². The highest BCUT2D eigenvalue weighted by Crippen LogP contribution is 2.27. The van der Waals surface area contributed by atoms with E-state index in [4.69, 9.17) is 4.52 Å². The van der Waals surface area contributed by atoms with Gasteiger partial charge in [0.15, 0.2) is 0 Å². The average molecular weight is 433 g/mol. The zero-order valence-corrected chi connectivity index (χ0v) is 16.9. The molecule has 1 aromatic carbocycles. The summed E-state index contributed by atoms with van der Waals surface area (Å²) in [5, 5.41) is 6.14. The smallest absolute Gasteiger partial charge is 0.241 e. The molecule has 1 aliphatic rings. The molecule has 136 valence electrons. The van der Waals surface area contributed by atoms with Crippen LogP contribution in [0, 0.1) is 0 Å². The monoisotopic (exact) mass is 432 g/mol. The van der Waals surface area contributed by atoms with E-state index in [1.165, 1.54) is 5.56 Å². The number of rotatable bonds is 6. The summed E-state index contributed by atoms with van der Waals surface area (Å²) in [5.74, 6) is 1.37. The van der Waals surface area contributed by atoms with Gasteiger partial charge in [0.1, 0.15) is 0 Å². The molecule has 1 fully saturated rings. The second-order valence-electron chi connectivity index (χ2n) is 6.49. The second kappa shape index (κ2) is 8.43. The van der Waals surface area contributed by atoms with E-state index in [9.17, 15) is 0 Å². The van der Waals surface area contributed by atoms with Crippen molar-refractivity contribution in [1.29, 1.82) is 0 Å². The van der Waals surface area contributed by atoms with Gasteiger partial charge in [0.2, 0.25) is 11.7 Å². The molecular weight excluding hydrogens is 412 g/mol. The van der Waals surface area contributed by atoms with Gasteiger partial charge in [-0.15, -0.1) is 11.3 Å². The molecule has 4 rings (SSSR count). The van der Waals surface area contributed by atoms with Crippen molar-refractivity contribution in [3.8, 4) is 10.7 Å². The summed E-state index contributed by atoms with van der Waals surface area (Å²) >= 11 is 5.07. The largest absolute Gasteiger partial charge is 0.338 e. The molecule has 0 saturated carbocycles. The minimum atomic E-state index is 0.678. The minimum Gasteiger partial charge on any atom is -0.338 e. The van der Waals surface area contributed by atoms with Gasteiger partial charge in [0.25, 0.3) is 0 Å². The van der Waals surface area contributed by atoms with Crippen molar-refractivity contribution in [3.05, 3.63) is 57.7 Å². The Morgan fingerprint density at radius 3 is 2.58 bits per heavy atom. The van der Waals surface area contributed by atoms with E-state index in [1.807, 2.05) is 11.4 Å². The van der Waals surface area contributed by atoms with Crippen molar-refractivity contribution in [1.82, 2.24) is 19.9 Å². The lowest BCUT2D eigenvalue weighted by molar-refractivity contribution is 0.118. The first-order valence-electron chi connectivity index (χ1n) is 8.82. The highest BCUT2D eigenvalue weighted by Gasteiger charge is 2.19. The fourth-order valence-electron chi connectivity index (χ4n) is 3.14. The van der Waals surface area contributed by atoms with Crippen LogP contribution >= 0.6 is 27.3 Å². The zero-order chi connectivity index (χ0) is 17.8. The van der Waals surface area contributed by atoms with E-state index < -0.39 is 0 Å². The lowest BCUT2D eigenvalue weighted by Gasteiger charge is -2.33. The van der Waals surface area contributed by atoms with Gasteiger partial charge in [0, 0.05) is 42.6 Å². The van der Waals surface area contributed by atoms with Crippen molar-refractivity contribution >= 4 is 27.3 Å². The number of nitrogens with zero attached hydrogens (tertiary/aromatic N) is 4. The number of benzene rings is 1. The summed E-state index contributed by atoms with van der Waals surface area (Å²) in [7, 11) is 0. The Labute approximate surface area is 165 Å². The Morgan fingerprint density at radius 1 is 1.08 bits per heavy atom.